The van der Waals surface area contributed by atoms with E-state index >= 15 is 0 Å². The smallest absolute Gasteiger partial charge is 0.422 e. The van der Waals surface area contributed by atoms with Crippen LogP contribution in [0.25, 0.3) is 10.9 Å². The molecule has 5 nitrogen and oxygen atoms in total. The summed E-state index contributed by atoms with van der Waals surface area (Å²) in [4.78, 5) is 16.2. The summed E-state index contributed by atoms with van der Waals surface area (Å²) in [5, 5.41) is 3.71. The zero-order valence-electron chi connectivity index (χ0n) is 14.9. The molecule has 0 atom stereocenters. The first-order valence-electron chi connectivity index (χ1n) is 8.40. The summed E-state index contributed by atoms with van der Waals surface area (Å²) in [6.45, 7) is 0.561. The van der Waals surface area contributed by atoms with E-state index in [9.17, 15) is 18.0 Å². The van der Waals surface area contributed by atoms with Crippen molar-refractivity contribution in [3.8, 4) is 5.88 Å². The number of ether oxygens (including phenoxy) is 1. The van der Waals surface area contributed by atoms with Gasteiger partial charge in [0.2, 0.25) is 11.8 Å². The summed E-state index contributed by atoms with van der Waals surface area (Å²) < 4.78 is 44.6. The number of alkyl halides is 3. The van der Waals surface area contributed by atoms with Gasteiger partial charge in [-0.3, -0.25) is 4.79 Å². The van der Waals surface area contributed by atoms with Crippen LogP contribution in [0, 0.1) is 6.92 Å². The minimum absolute atomic E-state index is 0.0132. The first-order valence-corrected chi connectivity index (χ1v) is 9.19. The van der Waals surface area contributed by atoms with Gasteiger partial charge in [0.1, 0.15) is 6.54 Å². The Morgan fingerprint density at radius 1 is 1.25 bits per heavy atom. The zero-order chi connectivity index (χ0) is 20.3. The van der Waals surface area contributed by atoms with Crippen LogP contribution in [0.4, 0.5) is 13.2 Å². The third kappa shape index (κ3) is 4.64. The lowest BCUT2D eigenvalue weighted by molar-refractivity contribution is -0.154. The number of para-hydroxylation sites is 1. The number of carbonyl (C=O) groups is 1. The quantitative estimate of drug-likeness (QED) is 0.600. The lowest BCUT2D eigenvalue weighted by atomic mass is 10.2. The number of pyridine rings is 1. The molecular weight excluding hydrogens is 439 g/mol. The predicted octanol–water partition coefficient (Wildman–Crippen LogP) is 4.36. The first kappa shape index (κ1) is 20.2. The average Bonchev–Trinajstić information content (AvgIpc) is 2.90. The molecule has 0 bridgehead atoms. The van der Waals surface area contributed by atoms with Gasteiger partial charge in [0, 0.05) is 39.4 Å². The molecule has 0 saturated carbocycles. The predicted molar refractivity (Wildman–Crippen MR) is 102 cm³/mol. The summed E-state index contributed by atoms with van der Waals surface area (Å²) in [5.74, 6) is -0.424. The monoisotopic (exact) mass is 455 g/mol. The van der Waals surface area contributed by atoms with Crippen molar-refractivity contribution in [2.45, 2.75) is 26.2 Å². The molecule has 0 unspecified atom stereocenters. The van der Waals surface area contributed by atoms with Crippen molar-refractivity contribution in [2.75, 3.05) is 6.61 Å². The molecular formula is C19H17BrF3N3O2. The summed E-state index contributed by atoms with van der Waals surface area (Å²) in [6.07, 6.45) is -3.12. The van der Waals surface area contributed by atoms with E-state index in [1.165, 1.54) is 6.20 Å². The number of amides is 1. The molecule has 3 rings (SSSR count). The molecule has 2 heterocycles. The molecule has 0 spiro atoms. The second-order valence-corrected chi connectivity index (χ2v) is 6.94. The number of benzene rings is 1. The van der Waals surface area contributed by atoms with E-state index in [4.69, 9.17) is 4.74 Å². The largest absolute Gasteiger partial charge is 0.468 e. The topological polar surface area (TPSA) is 56.2 Å². The molecule has 0 aliphatic rings. The van der Waals surface area contributed by atoms with Crippen molar-refractivity contribution >= 4 is 32.7 Å². The molecule has 0 saturated heterocycles. The Hall–Kier alpha value is -2.55. The van der Waals surface area contributed by atoms with E-state index in [0.29, 0.717) is 5.56 Å². The minimum atomic E-state index is -4.46. The summed E-state index contributed by atoms with van der Waals surface area (Å²) in [5.41, 5.74) is 2.19. The van der Waals surface area contributed by atoms with Gasteiger partial charge in [-0.2, -0.15) is 13.2 Å². The number of hydrogen-bond donors (Lipinski definition) is 1. The molecule has 1 N–H and O–H groups in total. The number of rotatable bonds is 6. The Bertz CT molecular complexity index is 1000. The minimum Gasteiger partial charge on any atom is -0.468 e. The molecule has 28 heavy (non-hydrogen) atoms. The van der Waals surface area contributed by atoms with Gasteiger partial charge >= 0.3 is 6.18 Å². The van der Waals surface area contributed by atoms with Crippen molar-refractivity contribution in [3.63, 3.8) is 0 Å². The molecule has 148 valence electrons. The zero-order valence-corrected chi connectivity index (χ0v) is 16.5. The molecule has 1 aromatic carbocycles. The third-order valence-corrected chi connectivity index (χ3v) is 5.16. The molecule has 0 aliphatic carbocycles. The van der Waals surface area contributed by atoms with Crippen LogP contribution >= 0.6 is 15.9 Å². The van der Waals surface area contributed by atoms with Crippen LogP contribution in [0.15, 0.2) is 47.1 Å². The van der Waals surface area contributed by atoms with Gasteiger partial charge in [-0.25, -0.2) is 4.98 Å². The summed E-state index contributed by atoms with van der Waals surface area (Å²) in [6, 6.07) is 10.8. The van der Waals surface area contributed by atoms with Crippen molar-refractivity contribution < 1.29 is 22.7 Å². The van der Waals surface area contributed by atoms with Gasteiger partial charge in [0.15, 0.2) is 6.61 Å². The molecule has 1 amide bonds. The third-order valence-electron chi connectivity index (χ3n) is 4.15. The van der Waals surface area contributed by atoms with E-state index in [1.54, 1.807) is 12.1 Å². The number of aromatic nitrogens is 2. The van der Waals surface area contributed by atoms with E-state index in [0.717, 1.165) is 21.1 Å². The Morgan fingerprint density at radius 2 is 2.00 bits per heavy atom. The van der Waals surface area contributed by atoms with Crippen LogP contribution in [0.5, 0.6) is 5.88 Å². The Balaban J connectivity index is 1.68. The van der Waals surface area contributed by atoms with Crippen LogP contribution < -0.4 is 10.1 Å². The molecule has 0 fully saturated rings. The molecule has 9 heteroatoms. The molecule has 0 radical (unpaired) electrons. The van der Waals surface area contributed by atoms with Crippen molar-refractivity contribution in [3.05, 3.63) is 58.3 Å². The highest BCUT2D eigenvalue weighted by molar-refractivity contribution is 9.10. The lowest BCUT2D eigenvalue weighted by Gasteiger charge is -2.13. The second kappa shape index (κ2) is 8.22. The maximum atomic E-state index is 12.4. The molecule has 3 aromatic rings. The first-order chi connectivity index (χ1) is 13.3. The standard InChI is InChI=1S/C19H17BrF3N3O2/c1-12-17(20)14-6-2-3-7-15(14)26(12)10-16(27)25-9-13-5-4-8-24-18(13)28-11-19(21,22)23/h2-8H,9-11H2,1H3,(H,25,27). The number of nitrogens with zero attached hydrogens (tertiary/aromatic N) is 2. The Morgan fingerprint density at radius 3 is 2.75 bits per heavy atom. The maximum Gasteiger partial charge on any atom is 0.422 e. The van der Waals surface area contributed by atoms with Crippen LogP contribution in [-0.2, 0) is 17.9 Å². The fourth-order valence-corrected chi connectivity index (χ4v) is 3.37. The fourth-order valence-electron chi connectivity index (χ4n) is 2.82. The summed E-state index contributed by atoms with van der Waals surface area (Å²) in [7, 11) is 0. The normalized spacial score (nSPS) is 11.6. The highest BCUT2D eigenvalue weighted by Crippen LogP contribution is 2.30. The van der Waals surface area contributed by atoms with Gasteiger partial charge in [0.05, 0.1) is 0 Å². The average molecular weight is 456 g/mol. The number of nitrogens with one attached hydrogen (secondary N) is 1. The maximum absolute atomic E-state index is 12.4. The highest BCUT2D eigenvalue weighted by Gasteiger charge is 2.29. The van der Waals surface area contributed by atoms with E-state index in [1.807, 2.05) is 35.8 Å². The van der Waals surface area contributed by atoms with E-state index < -0.39 is 12.8 Å². The number of halogens is 4. The number of fused-ring (bicyclic) bond motifs is 1. The highest BCUT2D eigenvalue weighted by atomic mass is 79.9. The van der Waals surface area contributed by atoms with Crippen LogP contribution in [0.3, 0.4) is 0 Å². The molecule has 0 aliphatic heterocycles. The number of hydrogen-bond acceptors (Lipinski definition) is 3. The fraction of sp³-hybridized carbons (Fsp3) is 0.263. The Labute approximate surface area is 167 Å². The number of carbonyl (C=O) groups excluding carboxylic acids is 1. The van der Waals surface area contributed by atoms with Crippen molar-refractivity contribution in [1.82, 2.24) is 14.9 Å². The second-order valence-electron chi connectivity index (χ2n) is 6.15. The van der Waals surface area contributed by atoms with Gasteiger partial charge in [-0.1, -0.05) is 24.3 Å². The van der Waals surface area contributed by atoms with Gasteiger partial charge in [0.25, 0.3) is 0 Å². The van der Waals surface area contributed by atoms with Crippen LogP contribution in [0.2, 0.25) is 0 Å². The van der Waals surface area contributed by atoms with E-state index in [2.05, 4.69) is 26.2 Å². The van der Waals surface area contributed by atoms with E-state index in [-0.39, 0.29) is 24.9 Å². The van der Waals surface area contributed by atoms with Crippen LogP contribution in [-0.4, -0.2) is 28.2 Å². The SMILES string of the molecule is Cc1c(Br)c2ccccc2n1CC(=O)NCc1cccnc1OCC(F)(F)F. The molecule has 2 aromatic heterocycles. The van der Waals surface area contributed by atoms with Gasteiger partial charge in [-0.05, 0) is 35.0 Å². The van der Waals surface area contributed by atoms with Crippen molar-refractivity contribution in [2.24, 2.45) is 0 Å². The van der Waals surface area contributed by atoms with Gasteiger partial charge < -0.3 is 14.6 Å². The van der Waals surface area contributed by atoms with Crippen LogP contribution in [0.1, 0.15) is 11.3 Å². The lowest BCUT2D eigenvalue weighted by Crippen LogP contribution is -2.28. The summed E-state index contributed by atoms with van der Waals surface area (Å²) >= 11 is 3.54. The van der Waals surface area contributed by atoms with Gasteiger partial charge in [-0.15, -0.1) is 0 Å². The Kier molecular flexibility index (Phi) is 5.93. The van der Waals surface area contributed by atoms with Crippen molar-refractivity contribution in [1.29, 1.82) is 0 Å².